The number of nitrogen functional groups attached to an aromatic ring is 1. The molecule has 0 bridgehead atoms. The van der Waals surface area contributed by atoms with Crippen LogP contribution in [0.2, 0.25) is 0 Å². The van der Waals surface area contributed by atoms with Gasteiger partial charge in [-0.15, -0.1) is 0 Å². The maximum atomic E-state index is 5.71. The molecule has 2 aromatic rings. The summed E-state index contributed by atoms with van der Waals surface area (Å²) < 4.78 is 10.8. The smallest absolute Gasteiger partial charge is 0.224 e. The van der Waals surface area contributed by atoms with E-state index in [0.29, 0.717) is 23.3 Å². The van der Waals surface area contributed by atoms with Gasteiger partial charge in [0.1, 0.15) is 23.1 Å². The highest BCUT2D eigenvalue weighted by atomic mass is 16.5. The van der Waals surface area contributed by atoms with Gasteiger partial charge in [-0.05, 0) is 24.3 Å². The Morgan fingerprint density at radius 3 is 2.30 bits per heavy atom. The molecule has 0 saturated heterocycles. The van der Waals surface area contributed by atoms with Crippen molar-refractivity contribution in [1.82, 2.24) is 9.97 Å². The zero-order valence-electron chi connectivity index (χ0n) is 11.8. The van der Waals surface area contributed by atoms with Gasteiger partial charge in [-0.1, -0.05) is 13.8 Å². The van der Waals surface area contributed by atoms with Crippen molar-refractivity contribution >= 4 is 5.82 Å². The van der Waals surface area contributed by atoms with Gasteiger partial charge in [0, 0.05) is 12.0 Å². The van der Waals surface area contributed by atoms with E-state index in [2.05, 4.69) is 15.4 Å². The van der Waals surface area contributed by atoms with Gasteiger partial charge < -0.3 is 14.9 Å². The van der Waals surface area contributed by atoms with E-state index in [9.17, 15) is 0 Å². The lowest BCUT2D eigenvalue weighted by Crippen LogP contribution is -2.11. The van der Waals surface area contributed by atoms with Crippen LogP contribution in [0.25, 0.3) is 0 Å². The van der Waals surface area contributed by atoms with E-state index in [1.165, 1.54) is 0 Å². The molecule has 0 atom stereocenters. The number of methoxy groups -OCH3 is 1. The summed E-state index contributed by atoms with van der Waals surface area (Å²) in [5.74, 6) is 8.66. The molecular weight excluding hydrogens is 256 g/mol. The van der Waals surface area contributed by atoms with E-state index in [0.717, 1.165) is 5.75 Å². The third-order valence-electron chi connectivity index (χ3n) is 2.67. The summed E-state index contributed by atoms with van der Waals surface area (Å²) in [6, 6.07) is 8.91. The summed E-state index contributed by atoms with van der Waals surface area (Å²) in [4.78, 5) is 8.63. The van der Waals surface area contributed by atoms with Gasteiger partial charge in [0.15, 0.2) is 0 Å². The molecule has 0 aliphatic heterocycles. The Morgan fingerprint density at radius 1 is 1.10 bits per heavy atom. The maximum absolute atomic E-state index is 5.71. The van der Waals surface area contributed by atoms with Gasteiger partial charge in [-0.25, -0.2) is 10.8 Å². The molecule has 1 aromatic heterocycles. The first-order valence-electron chi connectivity index (χ1n) is 6.30. The Hall–Kier alpha value is -2.34. The number of nitrogens with zero attached hydrogens (tertiary/aromatic N) is 2. The molecule has 106 valence electrons. The standard InChI is InChI=1S/C14H18N4O2/c1-9(2)14-16-12(18-15)8-13(17-14)20-11-6-4-10(19-3)5-7-11/h4-9H,15H2,1-3H3,(H,16,17,18). The van der Waals surface area contributed by atoms with Crippen LogP contribution in [0, 0.1) is 0 Å². The van der Waals surface area contributed by atoms with Gasteiger partial charge in [0.25, 0.3) is 0 Å². The molecule has 0 unspecified atom stereocenters. The quantitative estimate of drug-likeness (QED) is 0.644. The number of ether oxygens (including phenoxy) is 2. The van der Waals surface area contributed by atoms with Crippen LogP contribution in [0.1, 0.15) is 25.6 Å². The zero-order chi connectivity index (χ0) is 14.5. The first-order valence-corrected chi connectivity index (χ1v) is 6.30. The fourth-order valence-corrected chi connectivity index (χ4v) is 1.59. The van der Waals surface area contributed by atoms with Gasteiger partial charge >= 0.3 is 0 Å². The van der Waals surface area contributed by atoms with Gasteiger partial charge in [-0.2, -0.15) is 4.98 Å². The van der Waals surface area contributed by atoms with Crippen LogP contribution in [0.3, 0.4) is 0 Å². The van der Waals surface area contributed by atoms with Crippen molar-refractivity contribution in [3.8, 4) is 17.4 Å². The molecule has 0 fully saturated rings. The lowest BCUT2D eigenvalue weighted by molar-refractivity contribution is 0.412. The first-order chi connectivity index (χ1) is 9.62. The van der Waals surface area contributed by atoms with E-state index in [-0.39, 0.29) is 5.92 Å². The second-order valence-corrected chi connectivity index (χ2v) is 4.53. The molecule has 1 heterocycles. The second-order valence-electron chi connectivity index (χ2n) is 4.53. The highest BCUT2D eigenvalue weighted by Crippen LogP contribution is 2.25. The molecule has 0 radical (unpaired) electrons. The third-order valence-corrected chi connectivity index (χ3v) is 2.67. The summed E-state index contributed by atoms with van der Waals surface area (Å²) in [5.41, 5.74) is 2.52. The van der Waals surface area contributed by atoms with E-state index < -0.39 is 0 Å². The molecule has 3 N–H and O–H groups in total. The first kappa shape index (κ1) is 14.1. The van der Waals surface area contributed by atoms with E-state index in [1.54, 1.807) is 13.2 Å². The third kappa shape index (κ3) is 3.36. The minimum atomic E-state index is 0.182. The molecule has 6 nitrogen and oxygen atoms in total. The van der Waals surface area contributed by atoms with E-state index in [4.69, 9.17) is 15.3 Å². The average Bonchev–Trinajstić information content (AvgIpc) is 2.47. The molecular formula is C14H18N4O2. The predicted octanol–water partition coefficient (Wildman–Crippen LogP) is 2.69. The largest absolute Gasteiger partial charge is 0.497 e. The summed E-state index contributed by atoms with van der Waals surface area (Å²) >= 11 is 0. The van der Waals surface area contributed by atoms with Gasteiger partial charge in [0.2, 0.25) is 5.88 Å². The predicted molar refractivity (Wildman–Crippen MR) is 77.0 cm³/mol. The van der Waals surface area contributed by atoms with Crippen LogP contribution in [-0.4, -0.2) is 17.1 Å². The van der Waals surface area contributed by atoms with Crippen molar-refractivity contribution in [2.45, 2.75) is 19.8 Å². The van der Waals surface area contributed by atoms with Crippen molar-refractivity contribution in [3.63, 3.8) is 0 Å². The Bertz CT molecular complexity index is 570. The molecule has 2 rings (SSSR count). The van der Waals surface area contributed by atoms with E-state index in [1.807, 2.05) is 38.1 Å². The molecule has 0 aliphatic rings. The van der Waals surface area contributed by atoms with Crippen molar-refractivity contribution in [2.75, 3.05) is 12.5 Å². The van der Waals surface area contributed by atoms with Gasteiger partial charge in [-0.3, -0.25) is 0 Å². The number of benzene rings is 1. The fourth-order valence-electron chi connectivity index (χ4n) is 1.59. The average molecular weight is 274 g/mol. The monoisotopic (exact) mass is 274 g/mol. The molecule has 0 aliphatic carbocycles. The van der Waals surface area contributed by atoms with Crippen LogP contribution in [0.15, 0.2) is 30.3 Å². The topological polar surface area (TPSA) is 82.3 Å². The number of nitrogens with one attached hydrogen (secondary N) is 1. The van der Waals surface area contributed by atoms with Gasteiger partial charge in [0.05, 0.1) is 7.11 Å². The van der Waals surface area contributed by atoms with Crippen molar-refractivity contribution in [1.29, 1.82) is 0 Å². The maximum Gasteiger partial charge on any atom is 0.224 e. The number of aromatic nitrogens is 2. The zero-order valence-corrected chi connectivity index (χ0v) is 11.8. The van der Waals surface area contributed by atoms with E-state index >= 15 is 0 Å². The summed E-state index contributed by atoms with van der Waals surface area (Å²) in [5, 5.41) is 0. The van der Waals surface area contributed by atoms with Crippen molar-refractivity contribution in [2.24, 2.45) is 5.84 Å². The van der Waals surface area contributed by atoms with Crippen LogP contribution in [0.4, 0.5) is 5.82 Å². The molecule has 1 aromatic carbocycles. The number of hydrogen-bond donors (Lipinski definition) is 2. The van der Waals surface area contributed by atoms with Crippen molar-refractivity contribution < 1.29 is 9.47 Å². The van der Waals surface area contributed by atoms with Crippen LogP contribution >= 0.6 is 0 Å². The fraction of sp³-hybridized carbons (Fsp3) is 0.286. The molecule has 0 amide bonds. The Balaban J connectivity index is 2.24. The van der Waals surface area contributed by atoms with Crippen LogP contribution in [0.5, 0.6) is 17.4 Å². The van der Waals surface area contributed by atoms with Crippen LogP contribution < -0.4 is 20.7 Å². The second kappa shape index (κ2) is 6.21. The number of hydrogen-bond acceptors (Lipinski definition) is 6. The number of nitrogens with two attached hydrogens (primary N) is 1. The number of anilines is 1. The van der Waals surface area contributed by atoms with Crippen LogP contribution in [-0.2, 0) is 0 Å². The molecule has 6 heteroatoms. The summed E-state index contributed by atoms with van der Waals surface area (Å²) in [7, 11) is 1.62. The minimum absolute atomic E-state index is 0.182. The van der Waals surface area contributed by atoms with Crippen molar-refractivity contribution in [3.05, 3.63) is 36.2 Å². The number of rotatable bonds is 5. The Kier molecular flexibility index (Phi) is 4.37. The molecule has 0 spiro atoms. The summed E-state index contributed by atoms with van der Waals surface area (Å²) in [6.45, 7) is 4.01. The lowest BCUT2D eigenvalue weighted by atomic mass is 10.2. The Morgan fingerprint density at radius 2 is 1.75 bits per heavy atom. The Labute approximate surface area is 117 Å². The normalized spacial score (nSPS) is 10.4. The molecule has 20 heavy (non-hydrogen) atoms. The molecule has 0 saturated carbocycles. The highest BCUT2D eigenvalue weighted by molar-refractivity contribution is 5.40. The summed E-state index contributed by atoms with van der Waals surface area (Å²) in [6.07, 6.45) is 0. The number of hydrazine groups is 1. The SMILES string of the molecule is COc1ccc(Oc2cc(NN)nc(C(C)C)n2)cc1. The highest BCUT2D eigenvalue weighted by Gasteiger charge is 2.09. The lowest BCUT2D eigenvalue weighted by Gasteiger charge is -2.10. The minimum Gasteiger partial charge on any atom is -0.497 e.